The molecule has 0 heterocycles. The van der Waals surface area contributed by atoms with E-state index in [0.29, 0.717) is 6.10 Å². The van der Waals surface area contributed by atoms with Crippen LogP contribution in [0.1, 0.15) is 25.7 Å². The molecular weight excluding hydrogens is 191 g/mol. The highest BCUT2D eigenvalue weighted by atomic mass is 16.4. The topological polar surface area (TPSA) is 72.2 Å². The van der Waals surface area contributed by atoms with Gasteiger partial charge >= 0.3 is 7.48 Å². The Morgan fingerprint density at radius 1 is 1.00 bits per heavy atom. The van der Waals surface area contributed by atoms with Gasteiger partial charge in [0.25, 0.3) is 0 Å². The smallest absolute Gasteiger partial charge is 0.330 e. The summed E-state index contributed by atoms with van der Waals surface area (Å²) in [6, 6.07) is 10.2. The molecule has 1 fully saturated rings. The van der Waals surface area contributed by atoms with Crippen molar-refractivity contribution in [2.45, 2.75) is 31.8 Å². The van der Waals surface area contributed by atoms with Crippen molar-refractivity contribution in [3.8, 4) is 0 Å². The maximum absolute atomic E-state index is 5.66. The average Bonchev–Trinajstić information content (AvgIpc) is 2.69. The van der Waals surface area contributed by atoms with Crippen molar-refractivity contribution in [3.63, 3.8) is 0 Å². The first-order valence-electron chi connectivity index (χ1n) is 4.99. The third kappa shape index (κ3) is 4.47. The molecule has 1 radical (unpaired) electrons. The number of benzene rings is 1. The standard InChI is InChI=1S/C11H14BO.2H2O/c1-2-6-10(7-3-1)12-13-11-8-4-5-9-11;;/h1-3,6-7,11H,4-5,8-9H2;2*1H2. The van der Waals surface area contributed by atoms with Crippen molar-refractivity contribution >= 4 is 12.9 Å². The van der Waals surface area contributed by atoms with Crippen molar-refractivity contribution in [2.75, 3.05) is 0 Å². The molecule has 0 amide bonds. The molecule has 0 aromatic heterocycles. The fourth-order valence-corrected chi connectivity index (χ4v) is 1.73. The van der Waals surface area contributed by atoms with Crippen molar-refractivity contribution < 1.29 is 15.6 Å². The monoisotopic (exact) mass is 209 g/mol. The third-order valence-corrected chi connectivity index (χ3v) is 2.50. The van der Waals surface area contributed by atoms with Crippen LogP contribution in [0.15, 0.2) is 30.3 Å². The minimum Gasteiger partial charge on any atom is -0.432 e. The molecule has 0 bridgehead atoms. The van der Waals surface area contributed by atoms with Crippen molar-refractivity contribution in [1.82, 2.24) is 0 Å². The lowest BCUT2D eigenvalue weighted by molar-refractivity contribution is 0.225. The zero-order valence-electron chi connectivity index (χ0n) is 8.78. The highest BCUT2D eigenvalue weighted by Crippen LogP contribution is 2.20. The van der Waals surface area contributed by atoms with Gasteiger partial charge in [0.15, 0.2) is 0 Å². The molecule has 1 aliphatic carbocycles. The lowest BCUT2D eigenvalue weighted by Gasteiger charge is -2.09. The van der Waals surface area contributed by atoms with Crippen molar-refractivity contribution in [2.24, 2.45) is 0 Å². The van der Waals surface area contributed by atoms with Crippen LogP contribution < -0.4 is 5.46 Å². The first-order valence-corrected chi connectivity index (χ1v) is 4.99. The summed E-state index contributed by atoms with van der Waals surface area (Å²) in [7, 11) is 1.88. The second-order valence-electron chi connectivity index (χ2n) is 3.57. The second kappa shape index (κ2) is 7.46. The van der Waals surface area contributed by atoms with E-state index in [1.165, 1.54) is 25.7 Å². The van der Waals surface area contributed by atoms with E-state index in [9.17, 15) is 0 Å². The molecule has 3 nitrogen and oxygen atoms in total. The summed E-state index contributed by atoms with van der Waals surface area (Å²) in [5, 5.41) is 0. The molecule has 0 atom stereocenters. The number of hydrogen-bond donors (Lipinski definition) is 0. The van der Waals surface area contributed by atoms with Crippen molar-refractivity contribution in [1.29, 1.82) is 0 Å². The Labute approximate surface area is 91.3 Å². The highest BCUT2D eigenvalue weighted by Gasteiger charge is 2.15. The first-order chi connectivity index (χ1) is 6.45. The van der Waals surface area contributed by atoms with Crippen LogP contribution in [0.25, 0.3) is 0 Å². The number of rotatable bonds is 3. The molecule has 0 saturated heterocycles. The summed E-state index contributed by atoms with van der Waals surface area (Å²) < 4.78 is 5.66. The van der Waals surface area contributed by atoms with E-state index in [4.69, 9.17) is 4.65 Å². The Balaban J connectivity index is 0.000000980. The van der Waals surface area contributed by atoms with Gasteiger partial charge in [0.2, 0.25) is 0 Å². The minimum atomic E-state index is 0. The summed E-state index contributed by atoms with van der Waals surface area (Å²) in [4.78, 5) is 0. The Morgan fingerprint density at radius 3 is 2.20 bits per heavy atom. The summed E-state index contributed by atoms with van der Waals surface area (Å²) in [5.41, 5.74) is 1.16. The second-order valence-corrected chi connectivity index (χ2v) is 3.57. The Bertz CT molecular complexity index is 247. The van der Waals surface area contributed by atoms with Gasteiger partial charge in [-0.1, -0.05) is 48.6 Å². The van der Waals surface area contributed by atoms with Crippen LogP contribution in [-0.2, 0) is 4.65 Å². The van der Waals surface area contributed by atoms with Crippen LogP contribution in [0, 0.1) is 0 Å². The molecule has 1 aliphatic rings. The molecule has 4 heteroatoms. The molecule has 83 valence electrons. The third-order valence-electron chi connectivity index (χ3n) is 2.50. The first kappa shape index (κ1) is 14.2. The number of hydrogen-bond acceptors (Lipinski definition) is 1. The fourth-order valence-electron chi connectivity index (χ4n) is 1.73. The molecule has 0 spiro atoms. The SMILES string of the molecule is O.O.[B](OC1CCCC1)c1ccccc1. The Morgan fingerprint density at radius 2 is 1.60 bits per heavy atom. The lowest BCUT2D eigenvalue weighted by atomic mass is 9.88. The average molecular weight is 209 g/mol. The summed E-state index contributed by atoms with van der Waals surface area (Å²) in [6.07, 6.45) is 5.58. The van der Waals surface area contributed by atoms with Gasteiger partial charge in [-0.2, -0.15) is 0 Å². The Hall–Kier alpha value is -0.835. The van der Waals surface area contributed by atoms with Gasteiger partial charge in [-0.05, 0) is 12.8 Å². The summed E-state index contributed by atoms with van der Waals surface area (Å²) in [5.74, 6) is 0. The van der Waals surface area contributed by atoms with Gasteiger partial charge in [-0.3, -0.25) is 0 Å². The van der Waals surface area contributed by atoms with E-state index in [1.807, 2.05) is 25.7 Å². The molecule has 1 saturated carbocycles. The van der Waals surface area contributed by atoms with Crippen molar-refractivity contribution in [3.05, 3.63) is 30.3 Å². The van der Waals surface area contributed by atoms with Gasteiger partial charge in [0.05, 0.1) is 0 Å². The molecule has 1 aromatic rings. The molecule has 2 rings (SSSR count). The van der Waals surface area contributed by atoms with Gasteiger partial charge in [0, 0.05) is 6.10 Å². The maximum atomic E-state index is 5.66. The molecular formula is C11H18BO3. The van der Waals surface area contributed by atoms with Crippen LogP contribution in [0.4, 0.5) is 0 Å². The van der Waals surface area contributed by atoms with Crippen LogP contribution in [0.2, 0.25) is 0 Å². The van der Waals surface area contributed by atoms with E-state index in [0.717, 1.165) is 5.46 Å². The maximum Gasteiger partial charge on any atom is 0.330 e. The minimum absolute atomic E-state index is 0. The molecule has 0 unspecified atom stereocenters. The quantitative estimate of drug-likeness (QED) is 0.657. The van der Waals surface area contributed by atoms with E-state index in [-0.39, 0.29) is 11.0 Å². The zero-order chi connectivity index (χ0) is 8.93. The van der Waals surface area contributed by atoms with Crippen LogP contribution in [0.3, 0.4) is 0 Å². The van der Waals surface area contributed by atoms with E-state index < -0.39 is 0 Å². The molecule has 1 aromatic carbocycles. The highest BCUT2D eigenvalue weighted by molar-refractivity contribution is 6.46. The predicted molar refractivity (Wildman–Crippen MR) is 62.4 cm³/mol. The van der Waals surface area contributed by atoms with Crippen LogP contribution >= 0.6 is 0 Å². The van der Waals surface area contributed by atoms with E-state index in [1.54, 1.807) is 0 Å². The summed E-state index contributed by atoms with van der Waals surface area (Å²) >= 11 is 0. The van der Waals surface area contributed by atoms with Gasteiger partial charge < -0.3 is 15.6 Å². The fraction of sp³-hybridized carbons (Fsp3) is 0.455. The van der Waals surface area contributed by atoms with Gasteiger partial charge in [0.1, 0.15) is 0 Å². The zero-order valence-corrected chi connectivity index (χ0v) is 8.78. The Kier molecular flexibility index (Phi) is 7.04. The van der Waals surface area contributed by atoms with E-state index in [2.05, 4.69) is 12.1 Å². The normalized spacial score (nSPS) is 15.2. The predicted octanol–water partition coefficient (Wildman–Crippen LogP) is 0.241. The molecule has 15 heavy (non-hydrogen) atoms. The van der Waals surface area contributed by atoms with Crippen LogP contribution in [0.5, 0.6) is 0 Å². The molecule has 0 aliphatic heterocycles. The van der Waals surface area contributed by atoms with Crippen LogP contribution in [-0.4, -0.2) is 24.5 Å². The largest absolute Gasteiger partial charge is 0.432 e. The lowest BCUT2D eigenvalue weighted by Crippen LogP contribution is -2.21. The molecule has 4 N–H and O–H groups in total. The van der Waals surface area contributed by atoms with Gasteiger partial charge in [-0.25, -0.2) is 0 Å². The van der Waals surface area contributed by atoms with E-state index >= 15 is 0 Å². The van der Waals surface area contributed by atoms with Gasteiger partial charge in [-0.15, -0.1) is 0 Å². The summed E-state index contributed by atoms with van der Waals surface area (Å²) in [6.45, 7) is 0.